The second kappa shape index (κ2) is 7.62. The van der Waals surface area contributed by atoms with Crippen molar-refractivity contribution in [2.24, 2.45) is 0 Å². The molecule has 3 aromatic rings. The summed E-state index contributed by atoms with van der Waals surface area (Å²) in [6, 6.07) is 11.9. The smallest absolute Gasteiger partial charge is 0.243 e. The number of rotatable bonds is 4. The molecule has 1 aliphatic rings. The van der Waals surface area contributed by atoms with Crippen molar-refractivity contribution in [1.29, 1.82) is 0 Å². The first kappa shape index (κ1) is 19.0. The number of benzene rings is 2. The minimum atomic E-state index is -3.71. The predicted octanol–water partition coefficient (Wildman–Crippen LogP) is 4.10. The largest absolute Gasteiger partial charge is 0.339 e. The van der Waals surface area contributed by atoms with Crippen molar-refractivity contribution in [1.82, 2.24) is 14.4 Å². The van der Waals surface area contributed by atoms with Gasteiger partial charge in [0.1, 0.15) is 5.82 Å². The summed E-state index contributed by atoms with van der Waals surface area (Å²) in [7, 11) is -3.71. The summed E-state index contributed by atoms with van der Waals surface area (Å²) in [6.07, 6.45) is 1.42. The van der Waals surface area contributed by atoms with Crippen LogP contribution in [0, 0.1) is 5.82 Å². The van der Waals surface area contributed by atoms with Gasteiger partial charge in [0, 0.05) is 23.7 Å². The molecule has 2 aromatic carbocycles. The number of piperidine rings is 1. The van der Waals surface area contributed by atoms with Gasteiger partial charge in [0.05, 0.1) is 10.8 Å². The molecule has 0 unspecified atom stereocenters. The van der Waals surface area contributed by atoms with Crippen LogP contribution in [0.25, 0.3) is 11.4 Å². The van der Waals surface area contributed by atoms with Gasteiger partial charge in [0.25, 0.3) is 0 Å². The molecule has 1 aliphatic heterocycles. The molecule has 0 N–H and O–H groups in total. The van der Waals surface area contributed by atoms with Crippen molar-refractivity contribution < 1.29 is 17.3 Å². The summed E-state index contributed by atoms with van der Waals surface area (Å²) in [4.78, 5) is 4.51. The zero-order valence-corrected chi connectivity index (χ0v) is 16.3. The van der Waals surface area contributed by atoms with E-state index < -0.39 is 15.8 Å². The van der Waals surface area contributed by atoms with Crippen LogP contribution in [-0.2, 0) is 10.0 Å². The molecule has 0 bridgehead atoms. The van der Waals surface area contributed by atoms with E-state index in [1.807, 2.05) is 0 Å². The minimum Gasteiger partial charge on any atom is -0.339 e. The van der Waals surface area contributed by atoms with Crippen molar-refractivity contribution in [3.63, 3.8) is 0 Å². The van der Waals surface area contributed by atoms with Crippen LogP contribution in [-0.4, -0.2) is 36.0 Å². The quantitative estimate of drug-likeness (QED) is 0.634. The molecular formula is C19H17ClFN3O3S. The van der Waals surface area contributed by atoms with Gasteiger partial charge in [0.15, 0.2) is 0 Å². The molecular weight excluding hydrogens is 405 g/mol. The molecule has 4 rings (SSSR count). The van der Waals surface area contributed by atoms with Gasteiger partial charge < -0.3 is 4.52 Å². The Morgan fingerprint density at radius 1 is 1.11 bits per heavy atom. The molecule has 0 radical (unpaired) electrons. The highest BCUT2D eigenvalue weighted by molar-refractivity contribution is 7.89. The third-order valence-corrected chi connectivity index (χ3v) is 6.86. The monoisotopic (exact) mass is 421 g/mol. The van der Waals surface area contributed by atoms with E-state index in [2.05, 4.69) is 10.1 Å². The van der Waals surface area contributed by atoms with Crippen LogP contribution < -0.4 is 0 Å². The summed E-state index contributed by atoms with van der Waals surface area (Å²) >= 11 is 5.90. The van der Waals surface area contributed by atoms with Crippen LogP contribution in [0.4, 0.5) is 4.39 Å². The summed E-state index contributed by atoms with van der Waals surface area (Å²) < 4.78 is 45.6. The first-order valence-corrected chi connectivity index (χ1v) is 10.6. The zero-order chi connectivity index (χ0) is 19.7. The van der Waals surface area contributed by atoms with E-state index >= 15 is 0 Å². The highest BCUT2D eigenvalue weighted by Gasteiger charge is 2.33. The number of sulfonamides is 1. The molecule has 1 aromatic heterocycles. The number of halogens is 2. The lowest BCUT2D eigenvalue weighted by Crippen LogP contribution is -2.39. The second-order valence-electron chi connectivity index (χ2n) is 6.62. The average molecular weight is 422 g/mol. The third-order valence-electron chi connectivity index (χ3n) is 4.73. The Morgan fingerprint density at radius 3 is 2.54 bits per heavy atom. The summed E-state index contributed by atoms with van der Waals surface area (Å²) in [5.74, 6) is 0.169. The third kappa shape index (κ3) is 3.80. The van der Waals surface area contributed by atoms with Gasteiger partial charge in [-0.05, 0) is 61.4 Å². The molecule has 0 spiro atoms. The van der Waals surface area contributed by atoms with E-state index in [1.165, 1.54) is 16.4 Å². The Kier molecular flexibility index (Phi) is 5.18. The second-order valence-corrected chi connectivity index (χ2v) is 8.99. The maximum atomic E-state index is 13.1. The van der Waals surface area contributed by atoms with E-state index in [1.54, 1.807) is 24.3 Å². The number of hydrogen-bond donors (Lipinski definition) is 0. The Labute approximate surface area is 167 Å². The van der Waals surface area contributed by atoms with E-state index in [4.69, 9.17) is 16.1 Å². The summed E-state index contributed by atoms with van der Waals surface area (Å²) in [5, 5.41) is 4.62. The van der Waals surface area contributed by atoms with E-state index in [9.17, 15) is 12.8 Å². The van der Waals surface area contributed by atoms with Crippen molar-refractivity contribution in [2.45, 2.75) is 23.7 Å². The lowest BCUT2D eigenvalue weighted by Gasteiger charge is -2.30. The predicted molar refractivity (Wildman–Crippen MR) is 102 cm³/mol. The van der Waals surface area contributed by atoms with Gasteiger partial charge in [-0.3, -0.25) is 0 Å². The molecule has 0 amide bonds. The molecule has 9 heteroatoms. The molecule has 146 valence electrons. The molecule has 1 fully saturated rings. The topological polar surface area (TPSA) is 76.3 Å². The Morgan fingerprint density at radius 2 is 1.82 bits per heavy atom. The van der Waals surface area contributed by atoms with Gasteiger partial charge >= 0.3 is 0 Å². The van der Waals surface area contributed by atoms with Crippen LogP contribution in [0.3, 0.4) is 0 Å². The van der Waals surface area contributed by atoms with Gasteiger partial charge in [-0.25, -0.2) is 12.8 Å². The number of nitrogens with zero attached hydrogens (tertiary/aromatic N) is 3. The van der Waals surface area contributed by atoms with Crippen LogP contribution in [0.15, 0.2) is 57.9 Å². The Bertz CT molecular complexity index is 1070. The first-order chi connectivity index (χ1) is 13.4. The maximum absolute atomic E-state index is 13.1. The minimum absolute atomic E-state index is 0.0712. The summed E-state index contributed by atoms with van der Waals surface area (Å²) in [6.45, 7) is 0.635. The molecule has 0 aliphatic carbocycles. The van der Waals surface area contributed by atoms with Crippen molar-refractivity contribution in [3.05, 3.63) is 65.3 Å². The fraction of sp³-hybridized carbons (Fsp3) is 0.263. The molecule has 28 heavy (non-hydrogen) atoms. The van der Waals surface area contributed by atoms with E-state index in [0.717, 1.165) is 24.1 Å². The van der Waals surface area contributed by atoms with Gasteiger partial charge in [0.2, 0.25) is 21.7 Å². The van der Waals surface area contributed by atoms with Crippen molar-refractivity contribution >= 4 is 21.6 Å². The molecule has 1 atom stereocenters. The van der Waals surface area contributed by atoms with Crippen LogP contribution in [0.5, 0.6) is 0 Å². The first-order valence-electron chi connectivity index (χ1n) is 8.79. The number of aromatic nitrogens is 2. The normalized spacial score (nSPS) is 18.3. The van der Waals surface area contributed by atoms with Crippen LogP contribution in [0.1, 0.15) is 24.7 Å². The van der Waals surface area contributed by atoms with Crippen LogP contribution >= 0.6 is 11.6 Å². The molecule has 6 nitrogen and oxygen atoms in total. The Hall–Kier alpha value is -2.29. The van der Waals surface area contributed by atoms with Crippen LogP contribution in [0.2, 0.25) is 5.02 Å². The lowest BCUT2D eigenvalue weighted by molar-refractivity contribution is 0.265. The fourth-order valence-electron chi connectivity index (χ4n) is 3.24. The average Bonchev–Trinajstić information content (AvgIpc) is 3.19. The van der Waals surface area contributed by atoms with Gasteiger partial charge in [-0.15, -0.1) is 0 Å². The highest BCUT2D eigenvalue weighted by Crippen LogP contribution is 2.30. The van der Waals surface area contributed by atoms with Crippen molar-refractivity contribution in [3.8, 4) is 11.4 Å². The van der Waals surface area contributed by atoms with Crippen molar-refractivity contribution in [2.75, 3.05) is 13.1 Å². The fourth-order valence-corrected chi connectivity index (χ4v) is 4.88. The standard InChI is InChI=1S/C19H17ClFN3O3S/c20-15-5-3-13(4-6-15)18-22-19(27-23-18)14-2-1-11-24(12-14)28(25,26)17-9-7-16(21)8-10-17/h3-10,14H,1-2,11-12H2/t14-/m1/s1. The highest BCUT2D eigenvalue weighted by atomic mass is 35.5. The maximum Gasteiger partial charge on any atom is 0.243 e. The molecule has 0 saturated carbocycles. The SMILES string of the molecule is O=S(=O)(c1ccc(F)cc1)N1CCC[C@@H](c2nc(-c3ccc(Cl)cc3)no2)C1. The van der Waals surface area contributed by atoms with E-state index in [0.29, 0.717) is 29.7 Å². The number of hydrogen-bond acceptors (Lipinski definition) is 5. The lowest BCUT2D eigenvalue weighted by atomic mass is 10.00. The van der Waals surface area contributed by atoms with E-state index in [-0.39, 0.29) is 17.4 Å². The van der Waals surface area contributed by atoms with Gasteiger partial charge in [-0.1, -0.05) is 16.8 Å². The van der Waals surface area contributed by atoms with Gasteiger partial charge in [-0.2, -0.15) is 9.29 Å². The Balaban J connectivity index is 1.54. The summed E-state index contributed by atoms with van der Waals surface area (Å²) in [5.41, 5.74) is 0.769. The molecule has 2 heterocycles. The zero-order valence-electron chi connectivity index (χ0n) is 14.8. The molecule has 1 saturated heterocycles.